The van der Waals surface area contributed by atoms with Crippen LogP contribution in [0.4, 0.5) is 5.69 Å². The number of carbonyl (C=O) groups excluding carboxylic acids is 2. The quantitative estimate of drug-likeness (QED) is 0.806. The van der Waals surface area contributed by atoms with Gasteiger partial charge in [-0.25, -0.2) is 0 Å². The number of hydrogen-bond donors (Lipinski definition) is 2. The monoisotopic (exact) mass is 374 g/mol. The molecular formula is C21H27ClN2O2. The maximum absolute atomic E-state index is 12.9. The molecule has 0 aliphatic heterocycles. The molecule has 4 fully saturated rings. The average molecular weight is 375 g/mol. The van der Waals surface area contributed by atoms with E-state index in [1.54, 1.807) is 6.07 Å². The fourth-order valence-electron chi connectivity index (χ4n) is 5.76. The zero-order valence-electron chi connectivity index (χ0n) is 15.3. The lowest BCUT2D eigenvalue weighted by Gasteiger charge is -2.55. The van der Waals surface area contributed by atoms with Crippen molar-refractivity contribution in [2.75, 3.05) is 11.9 Å². The molecule has 0 spiro atoms. The summed E-state index contributed by atoms with van der Waals surface area (Å²) < 4.78 is 0. The summed E-state index contributed by atoms with van der Waals surface area (Å²) in [6, 6.07) is 5.47. The van der Waals surface area contributed by atoms with Gasteiger partial charge in [-0.05, 0) is 80.9 Å². The number of nitrogens with one attached hydrogen (secondary N) is 2. The third kappa shape index (κ3) is 3.48. The molecule has 4 aliphatic rings. The van der Waals surface area contributed by atoms with Gasteiger partial charge in [0.2, 0.25) is 11.8 Å². The minimum absolute atomic E-state index is 0.101. The molecule has 4 saturated carbocycles. The standard InChI is InChI=1S/C21H27ClN2O2/c1-13-2-3-17(9-18(13)22)24-19(25)4-5-23-20(26)21-10-14-6-15(11-21)8-16(7-14)12-21/h2-3,9,14-16H,4-8,10-12H2,1H3,(H,23,26)(H,24,25). The van der Waals surface area contributed by atoms with Crippen molar-refractivity contribution < 1.29 is 9.59 Å². The third-order valence-corrected chi connectivity index (χ3v) is 7.02. The molecule has 0 heterocycles. The van der Waals surface area contributed by atoms with Crippen LogP contribution in [0.15, 0.2) is 18.2 Å². The average Bonchev–Trinajstić information content (AvgIpc) is 2.57. The van der Waals surface area contributed by atoms with Crippen molar-refractivity contribution in [2.24, 2.45) is 23.2 Å². The lowest BCUT2D eigenvalue weighted by molar-refractivity contribution is -0.146. The Morgan fingerprint density at radius 3 is 2.31 bits per heavy atom. The summed E-state index contributed by atoms with van der Waals surface area (Å²) >= 11 is 6.08. The number of rotatable bonds is 5. The van der Waals surface area contributed by atoms with Crippen LogP contribution in [0, 0.1) is 30.1 Å². The zero-order valence-corrected chi connectivity index (χ0v) is 16.1. The van der Waals surface area contributed by atoms with Gasteiger partial charge in [-0.15, -0.1) is 0 Å². The van der Waals surface area contributed by atoms with Gasteiger partial charge < -0.3 is 10.6 Å². The van der Waals surface area contributed by atoms with Crippen molar-refractivity contribution in [3.05, 3.63) is 28.8 Å². The highest BCUT2D eigenvalue weighted by Gasteiger charge is 2.54. The lowest BCUT2D eigenvalue weighted by Crippen LogP contribution is -2.53. The van der Waals surface area contributed by atoms with Crippen molar-refractivity contribution in [1.29, 1.82) is 0 Å². The van der Waals surface area contributed by atoms with Crippen LogP contribution < -0.4 is 10.6 Å². The van der Waals surface area contributed by atoms with Gasteiger partial charge in [-0.1, -0.05) is 17.7 Å². The number of hydrogen-bond acceptors (Lipinski definition) is 2. The second-order valence-electron chi connectivity index (χ2n) is 8.72. The minimum atomic E-state index is -0.143. The molecule has 2 N–H and O–H groups in total. The van der Waals surface area contributed by atoms with Crippen LogP contribution in [-0.4, -0.2) is 18.4 Å². The molecule has 0 aromatic heterocycles. The van der Waals surface area contributed by atoms with Gasteiger partial charge in [-0.2, -0.15) is 0 Å². The minimum Gasteiger partial charge on any atom is -0.355 e. The van der Waals surface area contributed by atoms with Crippen LogP contribution in [0.3, 0.4) is 0 Å². The molecule has 1 aromatic rings. The van der Waals surface area contributed by atoms with E-state index in [1.165, 1.54) is 19.3 Å². The van der Waals surface area contributed by atoms with Crippen LogP contribution >= 0.6 is 11.6 Å². The molecule has 4 bridgehead atoms. The Hall–Kier alpha value is -1.55. The van der Waals surface area contributed by atoms with Crippen LogP contribution in [0.25, 0.3) is 0 Å². The summed E-state index contributed by atoms with van der Waals surface area (Å²) in [6.45, 7) is 2.32. The highest BCUT2D eigenvalue weighted by molar-refractivity contribution is 6.31. The highest BCUT2D eigenvalue weighted by atomic mass is 35.5. The Balaban J connectivity index is 1.27. The van der Waals surface area contributed by atoms with E-state index in [0.29, 0.717) is 17.3 Å². The summed E-state index contributed by atoms with van der Waals surface area (Å²) in [7, 11) is 0. The fourth-order valence-corrected chi connectivity index (χ4v) is 5.94. The van der Waals surface area contributed by atoms with Crippen molar-refractivity contribution in [3.63, 3.8) is 0 Å². The van der Waals surface area contributed by atoms with Crippen LogP contribution in [0.5, 0.6) is 0 Å². The zero-order chi connectivity index (χ0) is 18.3. The first-order chi connectivity index (χ1) is 12.4. The molecule has 0 saturated heterocycles. The van der Waals surface area contributed by atoms with E-state index in [4.69, 9.17) is 11.6 Å². The number of carbonyl (C=O) groups is 2. The lowest BCUT2D eigenvalue weighted by atomic mass is 9.49. The van der Waals surface area contributed by atoms with E-state index in [0.717, 1.165) is 42.6 Å². The molecule has 26 heavy (non-hydrogen) atoms. The third-order valence-electron chi connectivity index (χ3n) is 6.61. The molecule has 0 unspecified atom stereocenters. The van der Waals surface area contributed by atoms with Crippen LogP contribution in [-0.2, 0) is 9.59 Å². The second-order valence-corrected chi connectivity index (χ2v) is 9.12. The maximum Gasteiger partial charge on any atom is 0.226 e. The van der Waals surface area contributed by atoms with E-state index in [1.807, 2.05) is 19.1 Å². The maximum atomic E-state index is 12.9. The number of halogens is 1. The number of aryl methyl sites for hydroxylation is 1. The molecule has 2 amide bonds. The van der Waals surface area contributed by atoms with Gasteiger partial charge in [-0.3, -0.25) is 9.59 Å². The Morgan fingerprint density at radius 2 is 1.73 bits per heavy atom. The van der Waals surface area contributed by atoms with Crippen LogP contribution in [0.1, 0.15) is 50.5 Å². The summed E-state index contributed by atoms with van der Waals surface area (Å²) in [6.07, 6.45) is 7.43. The molecule has 0 radical (unpaired) electrons. The summed E-state index contributed by atoms with van der Waals surface area (Å²) in [5, 5.41) is 6.53. The molecule has 1 aromatic carbocycles. The van der Waals surface area contributed by atoms with Gasteiger partial charge in [0.25, 0.3) is 0 Å². The Morgan fingerprint density at radius 1 is 1.12 bits per heavy atom. The number of anilines is 1. The predicted octanol–water partition coefficient (Wildman–Crippen LogP) is 4.31. The first kappa shape index (κ1) is 17.8. The summed E-state index contributed by atoms with van der Waals surface area (Å²) in [5.41, 5.74) is 1.53. The second kappa shape index (κ2) is 6.88. The number of benzene rings is 1. The van der Waals surface area contributed by atoms with Crippen molar-refractivity contribution >= 4 is 29.1 Å². The first-order valence-corrected chi connectivity index (χ1v) is 10.2. The van der Waals surface area contributed by atoms with E-state index in [-0.39, 0.29) is 23.7 Å². The number of amides is 2. The molecule has 140 valence electrons. The summed E-state index contributed by atoms with van der Waals surface area (Å²) in [4.78, 5) is 25.0. The molecule has 5 heteroatoms. The van der Waals surface area contributed by atoms with Crippen molar-refractivity contribution in [2.45, 2.75) is 51.9 Å². The normalized spacial score (nSPS) is 31.7. The van der Waals surface area contributed by atoms with E-state index < -0.39 is 0 Å². The summed E-state index contributed by atoms with van der Waals surface area (Å²) in [5.74, 6) is 2.34. The first-order valence-electron chi connectivity index (χ1n) is 9.78. The molecule has 5 rings (SSSR count). The molecule has 4 nitrogen and oxygen atoms in total. The van der Waals surface area contributed by atoms with E-state index in [9.17, 15) is 9.59 Å². The smallest absolute Gasteiger partial charge is 0.226 e. The van der Waals surface area contributed by atoms with Gasteiger partial charge in [0.15, 0.2) is 0 Å². The highest BCUT2D eigenvalue weighted by Crippen LogP contribution is 2.60. The Labute approximate surface area is 160 Å². The van der Waals surface area contributed by atoms with Crippen molar-refractivity contribution in [1.82, 2.24) is 5.32 Å². The SMILES string of the molecule is Cc1ccc(NC(=O)CCNC(=O)C23CC4CC(CC(C4)C2)C3)cc1Cl. The molecular weight excluding hydrogens is 348 g/mol. The van der Waals surface area contributed by atoms with Gasteiger partial charge >= 0.3 is 0 Å². The van der Waals surface area contributed by atoms with E-state index in [2.05, 4.69) is 10.6 Å². The molecule has 4 aliphatic carbocycles. The van der Waals surface area contributed by atoms with Crippen LogP contribution in [0.2, 0.25) is 5.02 Å². The van der Waals surface area contributed by atoms with E-state index >= 15 is 0 Å². The van der Waals surface area contributed by atoms with Gasteiger partial charge in [0.1, 0.15) is 0 Å². The Kier molecular flexibility index (Phi) is 4.72. The Bertz CT molecular complexity index is 695. The predicted molar refractivity (Wildman–Crippen MR) is 103 cm³/mol. The largest absolute Gasteiger partial charge is 0.355 e. The van der Waals surface area contributed by atoms with Gasteiger partial charge in [0, 0.05) is 29.1 Å². The molecule has 0 atom stereocenters. The van der Waals surface area contributed by atoms with Gasteiger partial charge in [0.05, 0.1) is 0 Å². The van der Waals surface area contributed by atoms with Crippen molar-refractivity contribution in [3.8, 4) is 0 Å². The topological polar surface area (TPSA) is 58.2 Å². The fraction of sp³-hybridized carbons (Fsp3) is 0.619.